The number of benzene rings is 1. The minimum atomic E-state index is -1.29. The van der Waals surface area contributed by atoms with Crippen LogP contribution in [0.2, 0.25) is 0 Å². The number of ether oxygens (including phenoxy) is 3. The SMILES string of the molecule is CCC(=O)Nc1cc(NC=C2C(=O)OC(C)(C)OC2=O)ccc1OC. The summed E-state index contributed by atoms with van der Waals surface area (Å²) in [6, 6.07) is 4.93. The Morgan fingerprint density at radius 2 is 1.88 bits per heavy atom. The van der Waals surface area contributed by atoms with Crippen molar-refractivity contribution in [2.45, 2.75) is 33.0 Å². The molecule has 0 radical (unpaired) electrons. The van der Waals surface area contributed by atoms with Crippen molar-refractivity contribution < 1.29 is 28.6 Å². The summed E-state index contributed by atoms with van der Waals surface area (Å²) in [6.07, 6.45) is 1.52. The second kappa shape index (κ2) is 7.25. The van der Waals surface area contributed by atoms with Crippen LogP contribution < -0.4 is 15.4 Å². The van der Waals surface area contributed by atoms with Gasteiger partial charge >= 0.3 is 11.9 Å². The van der Waals surface area contributed by atoms with Crippen molar-refractivity contribution in [3.05, 3.63) is 30.0 Å². The number of amides is 1. The molecule has 8 nitrogen and oxygen atoms in total. The Labute approximate surface area is 145 Å². The molecule has 0 saturated carbocycles. The molecule has 1 aliphatic rings. The standard InChI is InChI=1S/C17H20N2O6/c1-5-14(20)19-12-8-10(6-7-13(12)23-4)18-9-11-15(21)24-17(2,3)25-16(11)22/h6-9,18H,5H2,1-4H3,(H,19,20). The summed E-state index contributed by atoms with van der Waals surface area (Å²) < 4.78 is 15.2. The van der Waals surface area contributed by atoms with Crippen LogP contribution in [0.5, 0.6) is 5.75 Å². The van der Waals surface area contributed by atoms with Crippen LogP contribution in [-0.2, 0) is 23.9 Å². The van der Waals surface area contributed by atoms with E-state index in [1.165, 1.54) is 27.2 Å². The fourth-order valence-corrected chi connectivity index (χ4v) is 2.07. The molecule has 0 bridgehead atoms. The molecule has 1 fully saturated rings. The molecule has 25 heavy (non-hydrogen) atoms. The number of rotatable bonds is 5. The van der Waals surface area contributed by atoms with Crippen molar-refractivity contribution >= 4 is 29.2 Å². The summed E-state index contributed by atoms with van der Waals surface area (Å²) >= 11 is 0. The van der Waals surface area contributed by atoms with Gasteiger partial charge in [-0.3, -0.25) is 4.79 Å². The summed E-state index contributed by atoms with van der Waals surface area (Å²) in [7, 11) is 1.49. The maximum Gasteiger partial charge on any atom is 0.350 e. The highest BCUT2D eigenvalue weighted by atomic mass is 16.7. The zero-order valence-corrected chi connectivity index (χ0v) is 14.5. The van der Waals surface area contributed by atoms with Crippen molar-refractivity contribution in [1.29, 1.82) is 0 Å². The fourth-order valence-electron chi connectivity index (χ4n) is 2.07. The highest BCUT2D eigenvalue weighted by Crippen LogP contribution is 2.28. The third kappa shape index (κ3) is 4.50. The average molecular weight is 348 g/mol. The van der Waals surface area contributed by atoms with Crippen molar-refractivity contribution in [3.63, 3.8) is 0 Å². The maximum atomic E-state index is 11.9. The second-order valence-electron chi connectivity index (χ2n) is 5.70. The summed E-state index contributed by atoms with van der Waals surface area (Å²) in [6.45, 7) is 4.68. The van der Waals surface area contributed by atoms with Gasteiger partial charge in [0.05, 0.1) is 12.8 Å². The first kappa shape index (κ1) is 18.3. The maximum absolute atomic E-state index is 11.9. The molecule has 1 heterocycles. The van der Waals surface area contributed by atoms with Gasteiger partial charge in [-0.05, 0) is 18.2 Å². The van der Waals surface area contributed by atoms with E-state index in [-0.39, 0.29) is 11.5 Å². The van der Waals surface area contributed by atoms with Crippen LogP contribution in [0.1, 0.15) is 27.2 Å². The van der Waals surface area contributed by atoms with Crippen molar-refractivity contribution in [1.82, 2.24) is 0 Å². The second-order valence-corrected chi connectivity index (χ2v) is 5.70. The van der Waals surface area contributed by atoms with Crippen LogP contribution in [0.15, 0.2) is 30.0 Å². The predicted octanol–water partition coefficient (Wildman–Crippen LogP) is 2.18. The van der Waals surface area contributed by atoms with E-state index in [1.807, 2.05) is 0 Å². The van der Waals surface area contributed by atoms with Crippen LogP contribution >= 0.6 is 0 Å². The van der Waals surface area contributed by atoms with Crippen molar-refractivity contribution in [2.75, 3.05) is 17.7 Å². The van der Waals surface area contributed by atoms with Crippen molar-refractivity contribution in [3.8, 4) is 5.75 Å². The number of carbonyl (C=O) groups is 3. The van der Waals surface area contributed by atoms with E-state index in [1.54, 1.807) is 25.1 Å². The van der Waals surface area contributed by atoms with E-state index in [0.717, 1.165) is 0 Å². The van der Waals surface area contributed by atoms with Gasteiger partial charge in [0.1, 0.15) is 5.75 Å². The summed E-state index contributed by atoms with van der Waals surface area (Å²) in [5, 5.41) is 5.52. The van der Waals surface area contributed by atoms with Gasteiger partial charge in [0.25, 0.3) is 5.79 Å². The molecule has 0 unspecified atom stereocenters. The number of anilines is 2. The molecule has 134 valence electrons. The Morgan fingerprint density at radius 1 is 1.24 bits per heavy atom. The lowest BCUT2D eigenvalue weighted by molar-refractivity contribution is -0.222. The van der Waals surface area contributed by atoms with E-state index in [2.05, 4.69) is 10.6 Å². The molecule has 1 aromatic rings. The summed E-state index contributed by atoms with van der Waals surface area (Å²) in [4.78, 5) is 35.4. The van der Waals surface area contributed by atoms with Crippen LogP contribution in [0.25, 0.3) is 0 Å². The number of methoxy groups -OCH3 is 1. The van der Waals surface area contributed by atoms with E-state index >= 15 is 0 Å². The Balaban J connectivity index is 2.20. The van der Waals surface area contributed by atoms with Crippen molar-refractivity contribution in [2.24, 2.45) is 0 Å². The molecule has 0 aliphatic carbocycles. The number of hydrogen-bond acceptors (Lipinski definition) is 7. The molecule has 1 amide bonds. The Bertz CT molecular complexity index is 717. The van der Waals surface area contributed by atoms with Gasteiger partial charge in [-0.15, -0.1) is 0 Å². The third-order valence-electron chi connectivity index (χ3n) is 3.29. The lowest BCUT2D eigenvalue weighted by Crippen LogP contribution is -2.42. The highest BCUT2D eigenvalue weighted by Gasteiger charge is 2.38. The van der Waals surface area contributed by atoms with E-state index < -0.39 is 17.7 Å². The van der Waals surface area contributed by atoms with Gasteiger partial charge in [-0.2, -0.15) is 0 Å². The minimum absolute atomic E-state index is 0.171. The van der Waals surface area contributed by atoms with Crippen LogP contribution in [0, 0.1) is 0 Å². The Hall–Kier alpha value is -3.03. The monoisotopic (exact) mass is 348 g/mol. The molecule has 0 aromatic heterocycles. The molecule has 1 aromatic carbocycles. The molecule has 0 atom stereocenters. The molecule has 0 spiro atoms. The smallest absolute Gasteiger partial charge is 0.350 e. The molecule has 8 heteroatoms. The van der Waals surface area contributed by atoms with Gasteiger partial charge in [0.2, 0.25) is 5.91 Å². The number of nitrogens with one attached hydrogen (secondary N) is 2. The van der Waals surface area contributed by atoms with Gasteiger partial charge < -0.3 is 24.8 Å². The lowest BCUT2D eigenvalue weighted by Gasteiger charge is -2.29. The lowest BCUT2D eigenvalue weighted by atomic mass is 10.2. The number of esters is 2. The number of carbonyl (C=O) groups excluding carboxylic acids is 3. The predicted molar refractivity (Wildman–Crippen MR) is 89.9 cm³/mol. The first-order chi connectivity index (χ1) is 11.8. The van der Waals surface area contributed by atoms with Crippen LogP contribution in [0.3, 0.4) is 0 Å². The van der Waals surface area contributed by atoms with Gasteiger partial charge in [-0.25, -0.2) is 9.59 Å². The normalized spacial score (nSPS) is 15.8. The molecule has 1 saturated heterocycles. The molecule has 1 aliphatic heterocycles. The van der Waals surface area contributed by atoms with E-state index in [0.29, 0.717) is 23.5 Å². The van der Waals surface area contributed by atoms with Crippen LogP contribution in [-0.4, -0.2) is 30.7 Å². The zero-order valence-electron chi connectivity index (χ0n) is 14.5. The zero-order chi connectivity index (χ0) is 18.6. The molecule has 2 rings (SSSR count). The Morgan fingerprint density at radius 3 is 2.44 bits per heavy atom. The van der Waals surface area contributed by atoms with Gasteiger partial charge in [-0.1, -0.05) is 6.92 Å². The first-order valence-corrected chi connectivity index (χ1v) is 7.67. The van der Waals surface area contributed by atoms with E-state index in [9.17, 15) is 14.4 Å². The fraction of sp³-hybridized carbons (Fsp3) is 0.353. The topological polar surface area (TPSA) is 103 Å². The average Bonchev–Trinajstić information content (AvgIpc) is 2.53. The van der Waals surface area contributed by atoms with Gasteiger partial charge in [0, 0.05) is 32.2 Å². The first-order valence-electron chi connectivity index (χ1n) is 7.67. The molecular formula is C17H20N2O6. The van der Waals surface area contributed by atoms with Crippen LogP contribution in [0.4, 0.5) is 11.4 Å². The Kier molecular flexibility index (Phi) is 5.31. The minimum Gasteiger partial charge on any atom is -0.495 e. The molecular weight excluding hydrogens is 328 g/mol. The van der Waals surface area contributed by atoms with Gasteiger partial charge in [0.15, 0.2) is 5.57 Å². The largest absolute Gasteiger partial charge is 0.495 e. The highest BCUT2D eigenvalue weighted by molar-refractivity contribution is 6.15. The molecule has 2 N–H and O–H groups in total. The summed E-state index contributed by atoms with van der Waals surface area (Å²) in [5.41, 5.74) is 0.743. The third-order valence-corrected chi connectivity index (χ3v) is 3.29. The summed E-state index contributed by atoms with van der Waals surface area (Å²) in [5.74, 6) is -2.53. The quantitative estimate of drug-likeness (QED) is 0.477. The number of hydrogen-bond donors (Lipinski definition) is 2. The number of cyclic esters (lactones) is 2. The van der Waals surface area contributed by atoms with E-state index in [4.69, 9.17) is 14.2 Å².